The van der Waals surface area contributed by atoms with Crippen molar-refractivity contribution in [1.29, 1.82) is 0 Å². The zero-order valence-electron chi connectivity index (χ0n) is 12.6. The molecule has 1 saturated heterocycles. The summed E-state index contributed by atoms with van der Waals surface area (Å²) in [5.41, 5.74) is 1.00. The molecule has 1 N–H and O–H groups in total. The van der Waals surface area contributed by atoms with Crippen LogP contribution in [0.2, 0.25) is 5.02 Å². The predicted octanol–water partition coefficient (Wildman–Crippen LogP) is 2.08. The van der Waals surface area contributed by atoms with Crippen molar-refractivity contribution in [3.05, 3.63) is 34.9 Å². The summed E-state index contributed by atoms with van der Waals surface area (Å²) < 4.78 is 0. The smallest absolute Gasteiger partial charge is 0.0606 e. The molecule has 1 fully saturated rings. The van der Waals surface area contributed by atoms with Crippen molar-refractivity contribution < 1.29 is 5.11 Å². The van der Waals surface area contributed by atoms with E-state index in [0.29, 0.717) is 6.04 Å². The van der Waals surface area contributed by atoms with Gasteiger partial charge < -0.3 is 5.11 Å². The van der Waals surface area contributed by atoms with Crippen LogP contribution < -0.4 is 0 Å². The Hall–Kier alpha value is -1.05. The lowest BCUT2D eigenvalue weighted by Gasteiger charge is -2.37. The molecule has 0 amide bonds. The van der Waals surface area contributed by atoms with Crippen molar-refractivity contribution in [2.24, 2.45) is 0 Å². The molecule has 3 nitrogen and oxygen atoms in total. The largest absolute Gasteiger partial charge is 0.395 e. The molecule has 4 heteroatoms. The van der Waals surface area contributed by atoms with Gasteiger partial charge in [-0.05, 0) is 30.7 Å². The summed E-state index contributed by atoms with van der Waals surface area (Å²) in [6.45, 7) is 7.26. The van der Waals surface area contributed by atoms with E-state index in [1.165, 1.54) is 0 Å². The van der Waals surface area contributed by atoms with Crippen molar-refractivity contribution in [2.75, 3.05) is 39.3 Å². The maximum Gasteiger partial charge on any atom is 0.0606 e. The zero-order chi connectivity index (χ0) is 15.1. The van der Waals surface area contributed by atoms with Gasteiger partial charge in [-0.25, -0.2) is 0 Å². The fourth-order valence-corrected chi connectivity index (χ4v) is 2.70. The lowest BCUT2D eigenvalue weighted by atomic mass is 10.1. The lowest BCUT2D eigenvalue weighted by molar-refractivity contribution is 0.0687. The number of aliphatic hydroxyl groups excluding tert-OH is 1. The second-order valence-corrected chi connectivity index (χ2v) is 5.80. The minimum atomic E-state index is 0.257. The van der Waals surface area contributed by atoms with E-state index in [-0.39, 0.29) is 6.61 Å². The standard InChI is InChI=1S/C17H23ClN2O/c1-2-17(14-21)20-12-10-19(11-13-20)9-3-4-15-5-7-16(18)8-6-15/h5-8,17,21H,2,9-14H2,1H3. The number of halogens is 1. The van der Waals surface area contributed by atoms with E-state index in [0.717, 1.165) is 49.7 Å². The first kappa shape index (κ1) is 16.3. The zero-order valence-corrected chi connectivity index (χ0v) is 13.3. The third kappa shape index (κ3) is 5.01. The van der Waals surface area contributed by atoms with Gasteiger partial charge in [-0.3, -0.25) is 9.80 Å². The molecule has 0 aromatic heterocycles. The summed E-state index contributed by atoms with van der Waals surface area (Å²) in [6.07, 6.45) is 1.01. The summed E-state index contributed by atoms with van der Waals surface area (Å²) in [5, 5.41) is 10.1. The fraction of sp³-hybridized carbons (Fsp3) is 0.529. The molecule has 1 aromatic carbocycles. The molecular formula is C17H23ClN2O. The van der Waals surface area contributed by atoms with E-state index in [1.807, 2.05) is 24.3 Å². The first-order chi connectivity index (χ1) is 10.2. The van der Waals surface area contributed by atoms with Crippen LogP contribution in [0.3, 0.4) is 0 Å². The average molecular weight is 307 g/mol. The van der Waals surface area contributed by atoms with Crippen molar-refractivity contribution in [3.8, 4) is 11.8 Å². The van der Waals surface area contributed by atoms with Crippen LogP contribution in [0.15, 0.2) is 24.3 Å². The molecule has 0 aliphatic carbocycles. The minimum Gasteiger partial charge on any atom is -0.395 e. The summed E-state index contributed by atoms with van der Waals surface area (Å²) in [5.74, 6) is 6.40. The Morgan fingerprint density at radius 3 is 2.43 bits per heavy atom. The van der Waals surface area contributed by atoms with Gasteiger partial charge in [0.2, 0.25) is 0 Å². The van der Waals surface area contributed by atoms with Crippen LogP contribution in [-0.2, 0) is 0 Å². The summed E-state index contributed by atoms with van der Waals surface area (Å²) >= 11 is 5.85. The second kappa shape index (κ2) is 8.41. The molecule has 0 bridgehead atoms. The average Bonchev–Trinajstić information content (AvgIpc) is 2.52. The van der Waals surface area contributed by atoms with Crippen molar-refractivity contribution in [1.82, 2.24) is 9.80 Å². The van der Waals surface area contributed by atoms with Crippen LogP contribution >= 0.6 is 11.6 Å². The Bertz CT molecular complexity index is 480. The first-order valence-corrected chi connectivity index (χ1v) is 7.92. The predicted molar refractivity (Wildman–Crippen MR) is 87.5 cm³/mol. The van der Waals surface area contributed by atoms with Crippen LogP contribution in [0.25, 0.3) is 0 Å². The SMILES string of the molecule is CCC(CO)N1CCN(CC#Cc2ccc(Cl)cc2)CC1. The number of hydrogen-bond acceptors (Lipinski definition) is 3. The molecule has 0 spiro atoms. The van der Waals surface area contributed by atoms with E-state index >= 15 is 0 Å². The van der Waals surface area contributed by atoms with Gasteiger partial charge >= 0.3 is 0 Å². The highest BCUT2D eigenvalue weighted by Gasteiger charge is 2.21. The molecule has 1 unspecified atom stereocenters. The summed E-state index contributed by atoms with van der Waals surface area (Å²) in [4.78, 5) is 4.74. The van der Waals surface area contributed by atoms with Crippen LogP contribution in [0.1, 0.15) is 18.9 Å². The van der Waals surface area contributed by atoms with Crippen LogP contribution in [0.5, 0.6) is 0 Å². The normalized spacial score (nSPS) is 18.0. The number of piperazine rings is 1. The number of benzene rings is 1. The number of rotatable bonds is 4. The maximum atomic E-state index is 9.34. The Labute approximate surface area is 132 Å². The highest BCUT2D eigenvalue weighted by molar-refractivity contribution is 6.30. The van der Waals surface area contributed by atoms with Crippen molar-refractivity contribution >= 4 is 11.6 Å². The summed E-state index contributed by atoms with van der Waals surface area (Å²) in [7, 11) is 0. The Morgan fingerprint density at radius 1 is 1.19 bits per heavy atom. The highest BCUT2D eigenvalue weighted by Crippen LogP contribution is 2.09. The minimum absolute atomic E-state index is 0.257. The van der Waals surface area contributed by atoms with E-state index in [9.17, 15) is 5.11 Å². The third-order valence-electron chi connectivity index (χ3n) is 3.98. The van der Waals surface area contributed by atoms with E-state index in [4.69, 9.17) is 11.6 Å². The fourth-order valence-electron chi connectivity index (χ4n) is 2.58. The van der Waals surface area contributed by atoms with Gasteiger partial charge in [0.25, 0.3) is 0 Å². The highest BCUT2D eigenvalue weighted by atomic mass is 35.5. The molecule has 1 aliphatic heterocycles. The Kier molecular flexibility index (Phi) is 6.53. The molecule has 1 aromatic rings. The molecule has 0 radical (unpaired) electrons. The van der Waals surface area contributed by atoms with Crippen LogP contribution in [0.4, 0.5) is 0 Å². The first-order valence-electron chi connectivity index (χ1n) is 7.54. The Morgan fingerprint density at radius 2 is 1.86 bits per heavy atom. The molecule has 0 saturated carbocycles. The van der Waals surface area contributed by atoms with Crippen molar-refractivity contribution in [3.63, 3.8) is 0 Å². The molecule has 1 heterocycles. The number of nitrogens with zero attached hydrogens (tertiary/aromatic N) is 2. The van der Waals surface area contributed by atoms with Gasteiger partial charge in [0.15, 0.2) is 0 Å². The van der Waals surface area contributed by atoms with Gasteiger partial charge in [0.1, 0.15) is 0 Å². The monoisotopic (exact) mass is 306 g/mol. The molecule has 1 aliphatic rings. The lowest BCUT2D eigenvalue weighted by Crippen LogP contribution is -2.51. The third-order valence-corrected chi connectivity index (χ3v) is 4.24. The van der Waals surface area contributed by atoms with Crippen LogP contribution in [-0.4, -0.2) is 60.3 Å². The number of aliphatic hydroxyl groups is 1. The quantitative estimate of drug-likeness (QED) is 0.863. The van der Waals surface area contributed by atoms with E-state index in [2.05, 4.69) is 28.6 Å². The summed E-state index contributed by atoms with van der Waals surface area (Å²) in [6, 6.07) is 7.93. The van der Waals surface area contributed by atoms with Crippen molar-refractivity contribution in [2.45, 2.75) is 19.4 Å². The van der Waals surface area contributed by atoms with Crippen LogP contribution in [0, 0.1) is 11.8 Å². The van der Waals surface area contributed by atoms with E-state index in [1.54, 1.807) is 0 Å². The topological polar surface area (TPSA) is 26.7 Å². The molecule has 2 rings (SSSR count). The molecule has 1 atom stereocenters. The molecule has 21 heavy (non-hydrogen) atoms. The Balaban J connectivity index is 1.78. The number of hydrogen-bond donors (Lipinski definition) is 1. The van der Waals surface area contributed by atoms with Gasteiger partial charge in [0.05, 0.1) is 13.2 Å². The van der Waals surface area contributed by atoms with E-state index < -0.39 is 0 Å². The molecule has 114 valence electrons. The van der Waals surface area contributed by atoms with Gasteiger partial charge in [-0.1, -0.05) is 30.4 Å². The van der Waals surface area contributed by atoms with Gasteiger partial charge in [-0.15, -0.1) is 0 Å². The molecular weight excluding hydrogens is 284 g/mol. The van der Waals surface area contributed by atoms with Gasteiger partial charge in [0, 0.05) is 42.8 Å². The van der Waals surface area contributed by atoms with Gasteiger partial charge in [-0.2, -0.15) is 0 Å². The second-order valence-electron chi connectivity index (χ2n) is 5.37. The maximum absolute atomic E-state index is 9.34.